The van der Waals surface area contributed by atoms with E-state index in [-0.39, 0.29) is 17.5 Å². The van der Waals surface area contributed by atoms with E-state index in [1.807, 2.05) is 30.3 Å². The van der Waals surface area contributed by atoms with Gasteiger partial charge in [-0.1, -0.05) is 54.6 Å². The summed E-state index contributed by atoms with van der Waals surface area (Å²) in [7, 11) is -1.94. The highest BCUT2D eigenvalue weighted by Crippen LogP contribution is 2.16. The van der Waals surface area contributed by atoms with Crippen molar-refractivity contribution in [3.63, 3.8) is 0 Å². The summed E-state index contributed by atoms with van der Waals surface area (Å²) in [6.07, 6.45) is 2.09. The SMILES string of the molecule is C=CCC(CN(C)S(=O)(=O)c1ccccc1)OCc1ccccc1. The van der Waals surface area contributed by atoms with Crippen molar-refractivity contribution in [2.75, 3.05) is 13.6 Å². The first-order valence-electron chi connectivity index (χ1n) is 7.82. The van der Waals surface area contributed by atoms with E-state index in [0.717, 1.165) is 5.56 Å². The van der Waals surface area contributed by atoms with Crippen molar-refractivity contribution in [1.82, 2.24) is 4.31 Å². The second-order valence-corrected chi connectivity index (χ2v) is 7.59. The van der Waals surface area contributed by atoms with Gasteiger partial charge in [-0.05, 0) is 24.1 Å². The predicted molar refractivity (Wildman–Crippen MR) is 96.1 cm³/mol. The Morgan fingerprint density at radius 3 is 2.25 bits per heavy atom. The van der Waals surface area contributed by atoms with E-state index in [0.29, 0.717) is 13.0 Å². The summed E-state index contributed by atoms with van der Waals surface area (Å²) < 4.78 is 32.4. The molecule has 0 bridgehead atoms. The number of ether oxygens (including phenoxy) is 1. The third kappa shape index (κ3) is 5.03. The molecule has 0 spiro atoms. The summed E-state index contributed by atoms with van der Waals surface area (Å²) in [5.41, 5.74) is 1.06. The molecule has 0 aromatic heterocycles. The molecule has 0 saturated heterocycles. The van der Waals surface area contributed by atoms with Gasteiger partial charge in [0.05, 0.1) is 17.6 Å². The maximum atomic E-state index is 12.6. The third-order valence-electron chi connectivity index (χ3n) is 3.67. The summed E-state index contributed by atoms with van der Waals surface area (Å²) in [5, 5.41) is 0. The number of hydrogen-bond acceptors (Lipinski definition) is 3. The van der Waals surface area contributed by atoms with Crippen LogP contribution in [-0.2, 0) is 21.4 Å². The van der Waals surface area contributed by atoms with Crippen molar-refractivity contribution >= 4 is 10.0 Å². The van der Waals surface area contributed by atoms with Crippen LogP contribution in [0, 0.1) is 0 Å². The van der Waals surface area contributed by atoms with Gasteiger partial charge in [-0.2, -0.15) is 4.31 Å². The van der Waals surface area contributed by atoms with Gasteiger partial charge in [-0.15, -0.1) is 6.58 Å². The first-order valence-corrected chi connectivity index (χ1v) is 9.26. The minimum atomic E-state index is -3.52. The van der Waals surface area contributed by atoms with Crippen LogP contribution in [0.15, 0.2) is 78.2 Å². The predicted octanol–water partition coefficient (Wildman–Crippen LogP) is 3.47. The van der Waals surface area contributed by atoms with Crippen molar-refractivity contribution in [2.24, 2.45) is 0 Å². The second kappa shape index (κ2) is 8.78. The molecule has 128 valence electrons. The number of likely N-dealkylation sites (N-methyl/N-ethyl adjacent to an activating group) is 1. The van der Waals surface area contributed by atoms with Crippen LogP contribution in [0.4, 0.5) is 0 Å². The topological polar surface area (TPSA) is 46.6 Å². The van der Waals surface area contributed by atoms with Gasteiger partial charge in [0.2, 0.25) is 10.0 Å². The van der Waals surface area contributed by atoms with E-state index in [9.17, 15) is 8.42 Å². The van der Waals surface area contributed by atoms with Crippen molar-refractivity contribution in [3.05, 3.63) is 78.9 Å². The van der Waals surface area contributed by atoms with Gasteiger partial charge in [-0.3, -0.25) is 0 Å². The average molecular weight is 345 g/mol. The number of benzene rings is 2. The summed E-state index contributed by atoms with van der Waals surface area (Å²) >= 11 is 0. The molecule has 0 amide bonds. The molecular formula is C19H23NO3S. The molecule has 4 nitrogen and oxygen atoms in total. The Morgan fingerprint density at radius 2 is 1.67 bits per heavy atom. The van der Waals surface area contributed by atoms with Crippen LogP contribution in [0.3, 0.4) is 0 Å². The van der Waals surface area contributed by atoms with Crippen LogP contribution in [0.1, 0.15) is 12.0 Å². The molecule has 0 radical (unpaired) electrons. The Kier molecular flexibility index (Phi) is 6.73. The van der Waals surface area contributed by atoms with Crippen LogP contribution in [-0.4, -0.2) is 32.4 Å². The van der Waals surface area contributed by atoms with Gasteiger partial charge < -0.3 is 4.74 Å². The molecule has 5 heteroatoms. The zero-order chi connectivity index (χ0) is 17.4. The molecule has 0 saturated carbocycles. The first-order chi connectivity index (χ1) is 11.5. The number of nitrogens with zero attached hydrogens (tertiary/aromatic N) is 1. The fraction of sp³-hybridized carbons (Fsp3) is 0.263. The molecule has 1 atom stereocenters. The zero-order valence-electron chi connectivity index (χ0n) is 13.8. The highest BCUT2D eigenvalue weighted by Gasteiger charge is 2.23. The molecule has 2 aromatic carbocycles. The number of sulfonamides is 1. The molecule has 2 aromatic rings. The lowest BCUT2D eigenvalue weighted by atomic mass is 10.2. The zero-order valence-corrected chi connectivity index (χ0v) is 14.7. The average Bonchev–Trinajstić information content (AvgIpc) is 2.61. The largest absolute Gasteiger partial charge is 0.372 e. The molecule has 2 rings (SSSR count). The van der Waals surface area contributed by atoms with Crippen molar-refractivity contribution in [2.45, 2.75) is 24.0 Å². The Labute approximate surface area is 144 Å². The molecule has 24 heavy (non-hydrogen) atoms. The molecular weight excluding hydrogens is 322 g/mol. The summed E-state index contributed by atoms with van der Waals surface area (Å²) in [6, 6.07) is 18.2. The highest BCUT2D eigenvalue weighted by atomic mass is 32.2. The molecule has 0 fully saturated rings. The van der Waals surface area contributed by atoms with Crippen LogP contribution < -0.4 is 0 Å². The highest BCUT2D eigenvalue weighted by molar-refractivity contribution is 7.89. The third-order valence-corrected chi connectivity index (χ3v) is 5.51. The quantitative estimate of drug-likeness (QED) is 0.654. The minimum Gasteiger partial charge on any atom is -0.372 e. The summed E-state index contributed by atoms with van der Waals surface area (Å²) in [4.78, 5) is 0.285. The fourth-order valence-electron chi connectivity index (χ4n) is 2.33. The standard InChI is InChI=1S/C19H23NO3S/c1-3-10-18(23-16-17-11-6-4-7-12-17)15-20(2)24(21,22)19-13-8-5-9-14-19/h3-9,11-14,18H,1,10,15-16H2,2H3. The van der Waals surface area contributed by atoms with E-state index >= 15 is 0 Å². The summed E-state index contributed by atoms with van der Waals surface area (Å²) in [5.74, 6) is 0. The lowest BCUT2D eigenvalue weighted by molar-refractivity contribution is 0.0336. The van der Waals surface area contributed by atoms with Crippen molar-refractivity contribution in [1.29, 1.82) is 0 Å². The lowest BCUT2D eigenvalue weighted by Gasteiger charge is -2.23. The lowest BCUT2D eigenvalue weighted by Crippen LogP contribution is -2.35. The maximum Gasteiger partial charge on any atom is 0.242 e. The number of hydrogen-bond donors (Lipinski definition) is 0. The molecule has 0 aliphatic heterocycles. The Balaban J connectivity index is 2.02. The van der Waals surface area contributed by atoms with Crippen molar-refractivity contribution < 1.29 is 13.2 Å². The van der Waals surface area contributed by atoms with Crippen LogP contribution in [0.2, 0.25) is 0 Å². The van der Waals surface area contributed by atoms with Crippen LogP contribution >= 0.6 is 0 Å². The monoisotopic (exact) mass is 345 g/mol. The van der Waals surface area contributed by atoms with Gasteiger partial charge in [0.15, 0.2) is 0 Å². The van der Waals surface area contributed by atoms with Crippen LogP contribution in [0.5, 0.6) is 0 Å². The molecule has 1 unspecified atom stereocenters. The van der Waals surface area contributed by atoms with Gasteiger partial charge in [0, 0.05) is 13.6 Å². The first kappa shape index (κ1) is 18.4. The normalized spacial score (nSPS) is 12.9. The van der Waals surface area contributed by atoms with Gasteiger partial charge in [-0.25, -0.2) is 8.42 Å². The van der Waals surface area contributed by atoms with E-state index in [4.69, 9.17) is 4.74 Å². The van der Waals surface area contributed by atoms with E-state index in [1.54, 1.807) is 43.5 Å². The van der Waals surface area contributed by atoms with E-state index < -0.39 is 10.0 Å². The number of rotatable bonds is 9. The van der Waals surface area contributed by atoms with E-state index in [1.165, 1.54) is 4.31 Å². The fourth-order valence-corrected chi connectivity index (χ4v) is 3.55. The minimum absolute atomic E-state index is 0.244. The smallest absolute Gasteiger partial charge is 0.242 e. The van der Waals surface area contributed by atoms with Crippen molar-refractivity contribution in [3.8, 4) is 0 Å². The van der Waals surface area contributed by atoms with Gasteiger partial charge in [0.1, 0.15) is 0 Å². The molecule has 0 aliphatic carbocycles. The molecule has 0 heterocycles. The van der Waals surface area contributed by atoms with Gasteiger partial charge >= 0.3 is 0 Å². The van der Waals surface area contributed by atoms with Crippen LogP contribution in [0.25, 0.3) is 0 Å². The molecule has 0 aliphatic rings. The second-order valence-electron chi connectivity index (χ2n) is 5.54. The molecule has 0 N–H and O–H groups in total. The van der Waals surface area contributed by atoms with E-state index in [2.05, 4.69) is 6.58 Å². The Bertz CT molecular complexity index is 730. The van der Waals surface area contributed by atoms with Gasteiger partial charge in [0.25, 0.3) is 0 Å². The maximum absolute atomic E-state index is 12.6. The summed E-state index contributed by atoms with van der Waals surface area (Å²) in [6.45, 7) is 4.45. The Hall–Kier alpha value is -1.95. The Morgan fingerprint density at radius 1 is 1.08 bits per heavy atom.